The van der Waals surface area contributed by atoms with Crippen LogP contribution >= 0.6 is 0 Å². The summed E-state index contributed by atoms with van der Waals surface area (Å²) in [6.07, 6.45) is 4.25. The summed E-state index contributed by atoms with van der Waals surface area (Å²) in [5.74, 6) is 0.292. The third kappa shape index (κ3) is 6.80. The number of fused-ring (bicyclic) bond motifs is 2. The molecule has 1 amide bonds. The van der Waals surface area contributed by atoms with Crippen LogP contribution in [0.3, 0.4) is 0 Å². The Hall–Kier alpha value is -5.77. The van der Waals surface area contributed by atoms with E-state index in [0.717, 1.165) is 43.2 Å². The van der Waals surface area contributed by atoms with Gasteiger partial charge in [-0.15, -0.1) is 0 Å². The zero-order chi connectivity index (χ0) is 33.9. The number of carbonyl (C=O) groups excluding carboxylic acids is 3. The molecule has 0 radical (unpaired) electrons. The van der Waals surface area contributed by atoms with Crippen molar-refractivity contribution < 1.29 is 14.4 Å². The van der Waals surface area contributed by atoms with E-state index in [1.165, 1.54) is 0 Å². The second-order valence-corrected chi connectivity index (χ2v) is 12.9. The van der Waals surface area contributed by atoms with E-state index in [1.807, 2.05) is 70.5 Å². The molecular formula is C39H39N7O3. The number of amides is 1. The predicted molar refractivity (Wildman–Crippen MR) is 190 cm³/mol. The first-order valence-electron chi connectivity index (χ1n) is 16.8. The molecule has 1 aliphatic carbocycles. The highest BCUT2D eigenvalue weighted by atomic mass is 16.2. The minimum absolute atomic E-state index is 0.0278. The maximum Gasteiger partial charge on any atom is 0.224 e. The Bertz CT molecular complexity index is 1950. The number of nitrogens with one attached hydrogen (secondary N) is 1. The van der Waals surface area contributed by atoms with Crippen LogP contribution in [-0.2, 0) is 17.9 Å². The van der Waals surface area contributed by atoms with Crippen molar-refractivity contribution in [1.29, 1.82) is 0 Å². The van der Waals surface area contributed by atoms with Crippen LogP contribution in [0.15, 0.2) is 107 Å². The molecule has 2 aliphatic heterocycles. The number of hydrogen-bond donors (Lipinski definition) is 3. The van der Waals surface area contributed by atoms with Crippen molar-refractivity contribution in [2.75, 3.05) is 6.54 Å². The molecule has 248 valence electrons. The second kappa shape index (κ2) is 13.8. The topological polar surface area (TPSA) is 146 Å². The number of aliphatic imine (C=N–C) groups is 2. The minimum atomic E-state index is -0.607. The van der Waals surface area contributed by atoms with Crippen LogP contribution in [0, 0.1) is 5.92 Å². The third-order valence-corrected chi connectivity index (χ3v) is 9.60. The number of hydrogen-bond acceptors (Lipinski definition) is 9. The summed E-state index contributed by atoms with van der Waals surface area (Å²) in [5.41, 5.74) is 18.5. The van der Waals surface area contributed by atoms with Crippen molar-refractivity contribution in [1.82, 2.24) is 15.1 Å². The van der Waals surface area contributed by atoms with E-state index in [-0.39, 0.29) is 35.9 Å². The molecule has 1 fully saturated rings. The zero-order valence-corrected chi connectivity index (χ0v) is 27.2. The van der Waals surface area contributed by atoms with Gasteiger partial charge in [0.1, 0.15) is 6.17 Å². The van der Waals surface area contributed by atoms with Crippen molar-refractivity contribution in [2.45, 2.75) is 51.4 Å². The second-order valence-electron chi connectivity index (χ2n) is 12.9. The summed E-state index contributed by atoms with van der Waals surface area (Å²) in [5, 5.41) is 3.28. The van der Waals surface area contributed by atoms with Crippen molar-refractivity contribution in [3.63, 3.8) is 0 Å². The summed E-state index contributed by atoms with van der Waals surface area (Å²) >= 11 is 0. The molecule has 5 N–H and O–H groups in total. The Labute approximate surface area is 285 Å². The summed E-state index contributed by atoms with van der Waals surface area (Å²) in [6, 6.07) is 29.2. The molecule has 0 spiro atoms. The molecule has 49 heavy (non-hydrogen) atoms. The van der Waals surface area contributed by atoms with E-state index < -0.39 is 6.17 Å². The third-order valence-electron chi connectivity index (χ3n) is 9.60. The lowest BCUT2D eigenvalue weighted by Gasteiger charge is -2.40. The Morgan fingerprint density at radius 2 is 1.20 bits per heavy atom. The van der Waals surface area contributed by atoms with Crippen LogP contribution < -0.4 is 16.8 Å². The molecule has 0 bridgehead atoms. The summed E-state index contributed by atoms with van der Waals surface area (Å²) in [4.78, 5) is 53.3. The van der Waals surface area contributed by atoms with Crippen molar-refractivity contribution in [3.8, 4) is 0 Å². The molecule has 1 unspecified atom stereocenters. The largest absolute Gasteiger partial charge is 0.369 e. The maximum absolute atomic E-state index is 13.7. The van der Waals surface area contributed by atoms with Crippen LogP contribution in [0.4, 0.5) is 11.4 Å². The average molecular weight is 654 g/mol. The highest BCUT2D eigenvalue weighted by molar-refractivity contribution is 6.10. The zero-order valence-electron chi connectivity index (χ0n) is 27.2. The Morgan fingerprint density at radius 3 is 1.78 bits per heavy atom. The highest BCUT2D eigenvalue weighted by Gasteiger charge is 2.33. The Morgan fingerprint density at radius 1 is 0.673 bits per heavy atom. The lowest BCUT2D eigenvalue weighted by Crippen LogP contribution is -2.60. The first-order chi connectivity index (χ1) is 23.8. The summed E-state index contributed by atoms with van der Waals surface area (Å²) in [6.45, 7) is 0.971. The number of guanidine groups is 2. The number of carbonyl (C=O) groups is 3. The molecule has 2 heterocycles. The first-order valence-corrected chi connectivity index (χ1v) is 16.8. The van der Waals surface area contributed by atoms with Gasteiger partial charge in [0, 0.05) is 34.7 Å². The molecule has 3 aliphatic rings. The SMILES string of the molecule is NC1=Nc2ccc(C(=O)c3ccccc3)cc2CN1CC(NC(=O)C1CCCCC1)N1Cc2cc(C(=O)c3ccccc3)ccc2N=C1N. The maximum atomic E-state index is 13.7. The number of benzene rings is 4. The van der Waals surface area contributed by atoms with E-state index in [4.69, 9.17) is 11.5 Å². The van der Waals surface area contributed by atoms with Gasteiger partial charge in [0.25, 0.3) is 0 Å². The average Bonchev–Trinajstić information content (AvgIpc) is 3.14. The standard InChI is InChI=1S/C39H39N7O3/c40-38-42-32-18-16-28(35(47)25-10-4-1-5-11-25)20-30(32)22-45(38)24-34(44-37(49)27-14-8-3-9-15-27)46-23-31-21-29(17-19-33(31)43-39(46)41)36(48)26-12-6-2-7-13-26/h1-2,4-7,10-13,16-21,27,34H,3,8-9,14-15,22-24H2,(H2,40,42)(H2,41,43)(H,44,49). The van der Waals surface area contributed by atoms with Crippen LogP contribution in [0.1, 0.15) is 75.1 Å². The van der Waals surface area contributed by atoms with Crippen LogP contribution in [0.25, 0.3) is 0 Å². The molecule has 4 aromatic carbocycles. The molecule has 10 heteroatoms. The molecule has 7 rings (SSSR count). The molecule has 0 saturated heterocycles. The van der Waals surface area contributed by atoms with Gasteiger partial charge >= 0.3 is 0 Å². The van der Waals surface area contributed by atoms with Crippen molar-refractivity contribution in [3.05, 3.63) is 130 Å². The predicted octanol–water partition coefficient (Wildman–Crippen LogP) is 5.40. The van der Waals surface area contributed by atoms with Crippen molar-refractivity contribution in [2.24, 2.45) is 27.4 Å². The smallest absolute Gasteiger partial charge is 0.224 e. The van der Waals surface area contributed by atoms with Gasteiger partial charge < -0.3 is 26.6 Å². The number of ketones is 2. The molecule has 1 atom stereocenters. The van der Waals surface area contributed by atoms with Gasteiger partial charge in [0.05, 0.1) is 24.5 Å². The minimum Gasteiger partial charge on any atom is -0.369 e. The van der Waals surface area contributed by atoms with Crippen LogP contribution in [0.5, 0.6) is 0 Å². The van der Waals surface area contributed by atoms with Gasteiger partial charge in [0.2, 0.25) is 5.91 Å². The van der Waals surface area contributed by atoms with Crippen LogP contribution in [0.2, 0.25) is 0 Å². The van der Waals surface area contributed by atoms with E-state index in [9.17, 15) is 14.4 Å². The summed E-state index contributed by atoms with van der Waals surface area (Å²) < 4.78 is 0. The molecule has 4 aromatic rings. The Balaban J connectivity index is 1.16. The fraction of sp³-hybridized carbons (Fsp3) is 0.256. The van der Waals surface area contributed by atoms with E-state index in [2.05, 4.69) is 15.3 Å². The van der Waals surface area contributed by atoms with Gasteiger partial charge in [-0.25, -0.2) is 9.98 Å². The van der Waals surface area contributed by atoms with Gasteiger partial charge in [0.15, 0.2) is 23.5 Å². The Kier molecular flexibility index (Phi) is 8.93. The quantitative estimate of drug-likeness (QED) is 0.205. The van der Waals surface area contributed by atoms with Gasteiger partial charge in [-0.3, -0.25) is 14.4 Å². The molecule has 1 saturated carbocycles. The monoisotopic (exact) mass is 653 g/mol. The lowest BCUT2D eigenvalue weighted by molar-refractivity contribution is -0.127. The van der Waals surface area contributed by atoms with Crippen molar-refractivity contribution >= 4 is 40.8 Å². The highest BCUT2D eigenvalue weighted by Crippen LogP contribution is 2.31. The number of nitrogens with zero attached hydrogens (tertiary/aromatic N) is 4. The van der Waals surface area contributed by atoms with Gasteiger partial charge in [-0.2, -0.15) is 0 Å². The molecule has 0 aromatic heterocycles. The fourth-order valence-corrected chi connectivity index (χ4v) is 6.88. The van der Waals surface area contributed by atoms with E-state index >= 15 is 0 Å². The lowest BCUT2D eigenvalue weighted by atomic mass is 9.88. The number of nitrogens with two attached hydrogens (primary N) is 2. The van der Waals surface area contributed by atoms with E-state index in [1.54, 1.807) is 36.4 Å². The fourth-order valence-electron chi connectivity index (χ4n) is 6.88. The number of rotatable bonds is 9. The first kappa shape index (κ1) is 31.8. The summed E-state index contributed by atoms with van der Waals surface area (Å²) in [7, 11) is 0. The normalized spacial score (nSPS) is 16.5. The van der Waals surface area contributed by atoms with Gasteiger partial charge in [-0.05, 0) is 60.4 Å². The van der Waals surface area contributed by atoms with Gasteiger partial charge in [-0.1, -0.05) is 79.9 Å². The molecule has 10 nitrogen and oxygen atoms in total. The van der Waals surface area contributed by atoms with E-state index in [0.29, 0.717) is 52.7 Å². The molecular weight excluding hydrogens is 614 g/mol. The van der Waals surface area contributed by atoms with Crippen LogP contribution in [-0.4, -0.2) is 51.9 Å².